The van der Waals surface area contributed by atoms with E-state index in [9.17, 15) is 10.2 Å². The number of phenolic OH excluding ortho intramolecular Hbond substituents is 1. The summed E-state index contributed by atoms with van der Waals surface area (Å²) in [5.74, 6) is 1.02. The van der Waals surface area contributed by atoms with Gasteiger partial charge in [-0.2, -0.15) is 0 Å². The highest BCUT2D eigenvalue weighted by atomic mass is 16.5. The standard InChI is InChI=1S/C20H25NO3/c1-2-24-17-8-9-18(22)16(12-17)13-21-14-20(10-11-20)19(23)15-6-4-3-5-7-15/h3-9,12,19,21-23H,2,10-11,13-14H2,1H3. The summed E-state index contributed by atoms with van der Waals surface area (Å²) in [6.45, 7) is 3.81. The molecule has 3 rings (SSSR count). The maximum atomic E-state index is 10.7. The number of rotatable bonds is 8. The summed E-state index contributed by atoms with van der Waals surface area (Å²) in [7, 11) is 0. The Hall–Kier alpha value is -2.04. The second-order valence-corrected chi connectivity index (χ2v) is 6.50. The highest BCUT2D eigenvalue weighted by Crippen LogP contribution is 2.54. The van der Waals surface area contributed by atoms with Crippen LogP contribution >= 0.6 is 0 Å². The van der Waals surface area contributed by atoms with Gasteiger partial charge in [0, 0.05) is 24.1 Å². The van der Waals surface area contributed by atoms with E-state index in [0.717, 1.165) is 36.3 Å². The highest BCUT2D eigenvalue weighted by Gasteiger charge is 2.48. The molecule has 0 aliphatic heterocycles. The number of benzene rings is 2. The Bertz CT molecular complexity index is 668. The minimum atomic E-state index is -0.449. The maximum absolute atomic E-state index is 10.7. The lowest BCUT2D eigenvalue weighted by Crippen LogP contribution is -2.28. The molecule has 2 aromatic carbocycles. The lowest BCUT2D eigenvalue weighted by atomic mass is 9.92. The van der Waals surface area contributed by atoms with Crippen LogP contribution in [0, 0.1) is 5.41 Å². The molecule has 2 aromatic rings. The molecule has 4 nitrogen and oxygen atoms in total. The molecule has 1 aliphatic rings. The van der Waals surface area contributed by atoms with Crippen molar-refractivity contribution in [2.24, 2.45) is 5.41 Å². The van der Waals surface area contributed by atoms with Crippen molar-refractivity contribution >= 4 is 0 Å². The number of hydrogen-bond donors (Lipinski definition) is 3. The molecule has 1 unspecified atom stereocenters. The SMILES string of the molecule is CCOc1ccc(O)c(CNCC2(C(O)c3ccccc3)CC2)c1. The zero-order valence-electron chi connectivity index (χ0n) is 14.0. The molecule has 0 heterocycles. The second-order valence-electron chi connectivity index (χ2n) is 6.50. The molecule has 0 aromatic heterocycles. The lowest BCUT2D eigenvalue weighted by Gasteiger charge is -2.23. The Morgan fingerprint density at radius 1 is 1.17 bits per heavy atom. The highest BCUT2D eigenvalue weighted by molar-refractivity contribution is 5.39. The fraction of sp³-hybridized carbons (Fsp3) is 0.400. The second kappa shape index (κ2) is 7.24. The molecule has 1 saturated carbocycles. The van der Waals surface area contributed by atoms with Crippen molar-refractivity contribution < 1.29 is 14.9 Å². The summed E-state index contributed by atoms with van der Waals surface area (Å²) in [5.41, 5.74) is 1.69. The van der Waals surface area contributed by atoms with Crippen molar-refractivity contribution in [2.75, 3.05) is 13.2 Å². The average molecular weight is 327 g/mol. The Morgan fingerprint density at radius 2 is 1.92 bits per heavy atom. The molecular formula is C20H25NO3. The van der Waals surface area contributed by atoms with Crippen LogP contribution in [0.5, 0.6) is 11.5 Å². The van der Waals surface area contributed by atoms with Gasteiger partial charge in [0.05, 0.1) is 12.7 Å². The van der Waals surface area contributed by atoms with E-state index < -0.39 is 6.10 Å². The predicted molar refractivity (Wildman–Crippen MR) is 94.1 cm³/mol. The van der Waals surface area contributed by atoms with Gasteiger partial charge in [0.2, 0.25) is 0 Å². The van der Waals surface area contributed by atoms with Crippen molar-refractivity contribution in [3.63, 3.8) is 0 Å². The summed E-state index contributed by atoms with van der Waals surface area (Å²) in [6.07, 6.45) is 1.58. The quantitative estimate of drug-likeness (QED) is 0.695. The van der Waals surface area contributed by atoms with Crippen molar-refractivity contribution in [1.82, 2.24) is 5.32 Å². The van der Waals surface area contributed by atoms with Gasteiger partial charge >= 0.3 is 0 Å². The van der Waals surface area contributed by atoms with E-state index in [1.165, 1.54) is 0 Å². The van der Waals surface area contributed by atoms with Crippen molar-refractivity contribution in [3.05, 3.63) is 59.7 Å². The van der Waals surface area contributed by atoms with Crippen LogP contribution in [0.15, 0.2) is 48.5 Å². The van der Waals surface area contributed by atoms with E-state index in [4.69, 9.17) is 4.74 Å². The van der Waals surface area contributed by atoms with Gasteiger partial charge < -0.3 is 20.3 Å². The molecule has 128 valence electrons. The van der Waals surface area contributed by atoms with Crippen LogP contribution in [0.25, 0.3) is 0 Å². The van der Waals surface area contributed by atoms with E-state index >= 15 is 0 Å². The molecule has 1 fully saturated rings. The Morgan fingerprint density at radius 3 is 2.58 bits per heavy atom. The summed E-state index contributed by atoms with van der Waals surface area (Å²) in [5, 5.41) is 24.0. The number of phenols is 1. The molecule has 4 heteroatoms. The number of hydrogen-bond acceptors (Lipinski definition) is 4. The van der Waals surface area contributed by atoms with Crippen LogP contribution in [0.1, 0.15) is 37.0 Å². The third kappa shape index (κ3) is 3.71. The van der Waals surface area contributed by atoms with Gasteiger partial charge in [0.25, 0.3) is 0 Å². The maximum Gasteiger partial charge on any atom is 0.120 e. The van der Waals surface area contributed by atoms with Crippen LogP contribution in [-0.2, 0) is 6.54 Å². The van der Waals surface area contributed by atoms with Gasteiger partial charge in [-0.25, -0.2) is 0 Å². The first-order chi connectivity index (χ1) is 11.6. The van der Waals surface area contributed by atoms with Gasteiger partial charge in [-0.15, -0.1) is 0 Å². The first-order valence-electron chi connectivity index (χ1n) is 8.53. The van der Waals surface area contributed by atoms with E-state index in [2.05, 4.69) is 5.32 Å². The fourth-order valence-electron chi connectivity index (χ4n) is 3.10. The molecule has 0 radical (unpaired) electrons. The first kappa shape index (κ1) is 16.8. The Kier molecular flexibility index (Phi) is 5.07. The molecule has 1 atom stereocenters. The van der Waals surface area contributed by atoms with Crippen LogP contribution in [0.2, 0.25) is 0 Å². The monoisotopic (exact) mass is 327 g/mol. The molecule has 0 spiro atoms. The average Bonchev–Trinajstić information content (AvgIpc) is 3.39. The van der Waals surface area contributed by atoms with Gasteiger partial charge in [0.15, 0.2) is 0 Å². The third-order valence-corrected chi connectivity index (χ3v) is 4.74. The number of nitrogens with one attached hydrogen (secondary N) is 1. The topological polar surface area (TPSA) is 61.7 Å². The predicted octanol–water partition coefficient (Wildman–Crippen LogP) is 3.39. The summed E-state index contributed by atoms with van der Waals surface area (Å²) in [6, 6.07) is 15.1. The van der Waals surface area contributed by atoms with E-state index in [1.807, 2.05) is 43.3 Å². The molecule has 1 aliphatic carbocycles. The van der Waals surface area contributed by atoms with Crippen molar-refractivity contribution in [2.45, 2.75) is 32.4 Å². The number of aliphatic hydroxyl groups excluding tert-OH is 1. The Balaban J connectivity index is 1.59. The van der Waals surface area contributed by atoms with Crippen LogP contribution in [0.4, 0.5) is 0 Å². The Labute approximate surface area is 143 Å². The first-order valence-corrected chi connectivity index (χ1v) is 8.53. The van der Waals surface area contributed by atoms with Crippen LogP contribution in [0.3, 0.4) is 0 Å². The summed E-state index contributed by atoms with van der Waals surface area (Å²) >= 11 is 0. The molecule has 0 bridgehead atoms. The summed E-state index contributed by atoms with van der Waals surface area (Å²) < 4.78 is 5.48. The van der Waals surface area contributed by atoms with Gasteiger partial charge in [-0.05, 0) is 43.5 Å². The fourth-order valence-corrected chi connectivity index (χ4v) is 3.10. The van der Waals surface area contributed by atoms with Gasteiger partial charge in [-0.3, -0.25) is 0 Å². The molecule has 0 amide bonds. The number of aliphatic hydroxyl groups is 1. The van der Waals surface area contributed by atoms with Crippen LogP contribution in [-0.4, -0.2) is 23.4 Å². The molecule has 0 saturated heterocycles. The van der Waals surface area contributed by atoms with E-state index in [1.54, 1.807) is 12.1 Å². The number of ether oxygens (including phenoxy) is 1. The summed E-state index contributed by atoms with van der Waals surface area (Å²) in [4.78, 5) is 0. The normalized spacial score (nSPS) is 16.6. The minimum Gasteiger partial charge on any atom is -0.508 e. The lowest BCUT2D eigenvalue weighted by molar-refractivity contribution is 0.0917. The van der Waals surface area contributed by atoms with Crippen LogP contribution < -0.4 is 10.1 Å². The number of aromatic hydroxyl groups is 1. The van der Waals surface area contributed by atoms with Crippen molar-refractivity contribution in [3.8, 4) is 11.5 Å². The molecular weight excluding hydrogens is 302 g/mol. The van der Waals surface area contributed by atoms with Gasteiger partial charge in [-0.1, -0.05) is 30.3 Å². The third-order valence-electron chi connectivity index (χ3n) is 4.74. The van der Waals surface area contributed by atoms with E-state index in [-0.39, 0.29) is 11.2 Å². The van der Waals surface area contributed by atoms with Gasteiger partial charge in [0.1, 0.15) is 11.5 Å². The minimum absolute atomic E-state index is 0.0888. The zero-order valence-corrected chi connectivity index (χ0v) is 14.0. The van der Waals surface area contributed by atoms with Crippen molar-refractivity contribution in [1.29, 1.82) is 0 Å². The molecule has 24 heavy (non-hydrogen) atoms. The zero-order chi connectivity index (χ0) is 17.0. The largest absolute Gasteiger partial charge is 0.508 e. The smallest absolute Gasteiger partial charge is 0.120 e. The van der Waals surface area contributed by atoms with E-state index in [0.29, 0.717) is 13.2 Å². The molecule has 3 N–H and O–H groups in total.